The van der Waals surface area contributed by atoms with Gasteiger partial charge in [0.15, 0.2) is 0 Å². The molecule has 0 aliphatic rings. The average Bonchev–Trinajstić information content (AvgIpc) is 3.02. The minimum atomic E-state index is -4.20. The normalized spacial score (nSPS) is 12.1. The van der Waals surface area contributed by atoms with E-state index in [0.717, 1.165) is 15.4 Å². The predicted molar refractivity (Wildman–Crippen MR) is 186 cm³/mol. The van der Waals surface area contributed by atoms with Crippen LogP contribution in [-0.4, -0.2) is 44.3 Å². The summed E-state index contributed by atoms with van der Waals surface area (Å²) in [4.78, 5) is 30.0. The van der Waals surface area contributed by atoms with Crippen molar-refractivity contribution in [1.82, 2.24) is 10.2 Å². The molecule has 242 valence electrons. The second-order valence-electron chi connectivity index (χ2n) is 11.7. The molecule has 0 aliphatic carbocycles. The molecular formula is C36H39Cl2N3O4S. The van der Waals surface area contributed by atoms with Gasteiger partial charge >= 0.3 is 0 Å². The number of benzene rings is 4. The summed E-state index contributed by atoms with van der Waals surface area (Å²) < 4.78 is 29.5. The number of amides is 2. The maximum Gasteiger partial charge on any atom is 0.264 e. The van der Waals surface area contributed by atoms with Gasteiger partial charge in [0.1, 0.15) is 12.6 Å². The molecule has 0 heterocycles. The summed E-state index contributed by atoms with van der Waals surface area (Å²) in [7, 11) is -4.20. The lowest BCUT2D eigenvalue weighted by atomic mass is 10.0. The number of aryl methyl sites for hydroxylation is 2. The fourth-order valence-corrected chi connectivity index (χ4v) is 7.17. The van der Waals surface area contributed by atoms with Crippen molar-refractivity contribution >= 4 is 50.7 Å². The van der Waals surface area contributed by atoms with E-state index in [9.17, 15) is 18.0 Å². The SMILES string of the molecule is Cc1ccc(N(CC(=O)N(Cc2c(Cl)cccc2Cl)[C@H](Cc2ccccc2)C(=O)NCC(C)C)S(=O)(=O)c2ccccc2)c(C)c1. The maximum absolute atomic E-state index is 14.6. The Hall–Kier alpha value is -3.85. The molecule has 0 fully saturated rings. The minimum absolute atomic E-state index is 0.0407. The smallest absolute Gasteiger partial charge is 0.264 e. The van der Waals surface area contributed by atoms with Crippen molar-refractivity contribution < 1.29 is 18.0 Å². The molecule has 0 unspecified atom stereocenters. The predicted octanol–water partition coefficient (Wildman–Crippen LogP) is 7.22. The first-order valence-corrected chi connectivity index (χ1v) is 17.3. The maximum atomic E-state index is 14.6. The highest BCUT2D eigenvalue weighted by molar-refractivity contribution is 7.92. The van der Waals surface area contributed by atoms with E-state index in [-0.39, 0.29) is 29.7 Å². The molecule has 4 rings (SSSR count). The number of nitrogens with zero attached hydrogens (tertiary/aromatic N) is 2. The zero-order valence-electron chi connectivity index (χ0n) is 26.4. The fourth-order valence-electron chi connectivity index (χ4n) is 5.15. The van der Waals surface area contributed by atoms with Crippen LogP contribution in [0.3, 0.4) is 0 Å². The third-order valence-corrected chi connectivity index (χ3v) is 10.1. The van der Waals surface area contributed by atoms with Crippen LogP contribution in [0, 0.1) is 19.8 Å². The number of halogens is 2. The van der Waals surface area contributed by atoms with Gasteiger partial charge in [-0.3, -0.25) is 13.9 Å². The largest absolute Gasteiger partial charge is 0.354 e. The van der Waals surface area contributed by atoms with E-state index in [1.54, 1.807) is 55.5 Å². The van der Waals surface area contributed by atoms with Crippen molar-refractivity contribution in [2.45, 2.75) is 51.6 Å². The summed E-state index contributed by atoms with van der Waals surface area (Å²) in [6.07, 6.45) is 0.188. The summed E-state index contributed by atoms with van der Waals surface area (Å²) >= 11 is 13.2. The lowest BCUT2D eigenvalue weighted by Gasteiger charge is -2.34. The molecule has 0 saturated carbocycles. The second kappa shape index (κ2) is 15.6. The Morgan fingerprint density at radius 1 is 0.826 bits per heavy atom. The molecule has 0 aromatic heterocycles. The molecular weight excluding hydrogens is 641 g/mol. The van der Waals surface area contributed by atoms with Crippen LogP contribution in [0.1, 0.15) is 36.1 Å². The quantitative estimate of drug-likeness (QED) is 0.162. The molecule has 0 spiro atoms. The summed E-state index contributed by atoms with van der Waals surface area (Å²) in [6.45, 7) is 7.40. The summed E-state index contributed by atoms with van der Waals surface area (Å²) in [5.41, 5.74) is 3.28. The lowest BCUT2D eigenvalue weighted by molar-refractivity contribution is -0.140. The number of anilines is 1. The molecule has 10 heteroatoms. The Kier molecular flexibility index (Phi) is 11.9. The van der Waals surface area contributed by atoms with E-state index >= 15 is 0 Å². The highest BCUT2D eigenvalue weighted by atomic mass is 35.5. The van der Waals surface area contributed by atoms with Gasteiger partial charge in [0.25, 0.3) is 10.0 Å². The van der Waals surface area contributed by atoms with E-state index in [1.807, 2.05) is 57.2 Å². The number of nitrogens with one attached hydrogen (secondary N) is 1. The zero-order chi connectivity index (χ0) is 33.4. The molecule has 2 amide bonds. The van der Waals surface area contributed by atoms with Crippen molar-refractivity contribution in [3.05, 3.63) is 129 Å². The molecule has 1 N–H and O–H groups in total. The van der Waals surface area contributed by atoms with Gasteiger partial charge in [0.2, 0.25) is 11.8 Å². The number of hydrogen-bond acceptors (Lipinski definition) is 4. The number of hydrogen-bond donors (Lipinski definition) is 1. The van der Waals surface area contributed by atoms with E-state index in [4.69, 9.17) is 23.2 Å². The van der Waals surface area contributed by atoms with Gasteiger partial charge < -0.3 is 10.2 Å². The van der Waals surface area contributed by atoms with Crippen LogP contribution in [0.5, 0.6) is 0 Å². The monoisotopic (exact) mass is 679 g/mol. The zero-order valence-corrected chi connectivity index (χ0v) is 28.7. The number of rotatable bonds is 13. The van der Waals surface area contributed by atoms with Gasteiger partial charge in [-0.25, -0.2) is 8.42 Å². The van der Waals surface area contributed by atoms with E-state index in [2.05, 4.69) is 5.32 Å². The van der Waals surface area contributed by atoms with Crippen LogP contribution >= 0.6 is 23.2 Å². The minimum Gasteiger partial charge on any atom is -0.354 e. The van der Waals surface area contributed by atoms with Crippen LogP contribution < -0.4 is 9.62 Å². The van der Waals surface area contributed by atoms with Crippen LogP contribution in [-0.2, 0) is 32.6 Å². The van der Waals surface area contributed by atoms with E-state index in [0.29, 0.717) is 33.4 Å². The van der Waals surface area contributed by atoms with Crippen molar-refractivity contribution in [3.63, 3.8) is 0 Å². The van der Waals surface area contributed by atoms with Gasteiger partial charge in [-0.05, 0) is 61.2 Å². The summed E-state index contributed by atoms with van der Waals surface area (Å²) in [5, 5.41) is 3.64. The Labute approximate surface area is 282 Å². The lowest BCUT2D eigenvalue weighted by Crippen LogP contribution is -2.54. The first kappa shape index (κ1) is 35.0. The second-order valence-corrected chi connectivity index (χ2v) is 14.4. The van der Waals surface area contributed by atoms with E-state index < -0.39 is 28.5 Å². The van der Waals surface area contributed by atoms with Crippen molar-refractivity contribution in [3.8, 4) is 0 Å². The van der Waals surface area contributed by atoms with Crippen LogP contribution in [0.2, 0.25) is 10.0 Å². The molecule has 0 radical (unpaired) electrons. The molecule has 4 aromatic rings. The first-order chi connectivity index (χ1) is 21.9. The Bertz CT molecular complexity index is 1750. The Morgan fingerprint density at radius 2 is 1.43 bits per heavy atom. The van der Waals surface area contributed by atoms with Crippen molar-refractivity contribution in [1.29, 1.82) is 0 Å². The highest BCUT2D eigenvalue weighted by Gasteiger charge is 2.35. The van der Waals surface area contributed by atoms with Gasteiger partial charge in [-0.1, -0.05) is 109 Å². The highest BCUT2D eigenvalue weighted by Crippen LogP contribution is 2.30. The standard InChI is InChI=1S/C36H39Cl2N3O4S/c1-25(2)22-39-36(43)34(21-28-12-7-5-8-13-28)40(23-30-31(37)16-11-17-32(30)38)35(42)24-41(33-19-18-26(3)20-27(33)4)46(44,45)29-14-9-6-10-15-29/h5-20,25,34H,21-24H2,1-4H3,(H,39,43)/t34-/m1/s1. The number of sulfonamides is 1. The molecule has 1 atom stereocenters. The molecule has 4 aromatic carbocycles. The fraction of sp³-hybridized carbons (Fsp3) is 0.278. The van der Waals surface area contributed by atoms with E-state index in [1.165, 1.54) is 17.0 Å². The average molecular weight is 681 g/mol. The molecule has 0 saturated heterocycles. The number of carbonyl (C=O) groups excluding carboxylic acids is 2. The van der Waals surface area contributed by atoms with Gasteiger partial charge in [-0.2, -0.15) is 0 Å². The van der Waals surface area contributed by atoms with Gasteiger partial charge in [0, 0.05) is 35.1 Å². The molecule has 7 nitrogen and oxygen atoms in total. The van der Waals surface area contributed by atoms with Gasteiger partial charge in [0.05, 0.1) is 10.6 Å². The van der Waals surface area contributed by atoms with Crippen LogP contribution in [0.25, 0.3) is 0 Å². The molecule has 46 heavy (non-hydrogen) atoms. The Morgan fingerprint density at radius 3 is 2.02 bits per heavy atom. The summed E-state index contributed by atoms with van der Waals surface area (Å²) in [6, 6.07) is 26.8. The first-order valence-electron chi connectivity index (χ1n) is 15.1. The van der Waals surface area contributed by atoms with Crippen LogP contribution in [0.15, 0.2) is 102 Å². The number of carbonyl (C=O) groups is 2. The third kappa shape index (κ3) is 8.69. The van der Waals surface area contributed by atoms with Crippen LogP contribution in [0.4, 0.5) is 5.69 Å². The third-order valence-electron chi connectivity index (χ3n) is 7.58. The molecule has 0 bridgehead atoms. The van der Waals surface area contributed by atoms with Gasteiger partial charge in [-0.15, -0.1) is 0 Å². The van der Waals surface area contributed by atoms with Crippen molar-refractivity contribution in [2.75, 3.05) is 17.4 Å². The molecule has 0 aliphatic heterocycles. The summed E-state index contributed by atoms with van der Waals surface area (Å²) in [5.74, 6) is -0.784. The van der Waals surface area contributed by atoms with Crippen molar-refractivity contribution in [2.24, 2.45) is 5.92 Å². The Balaban J connectivity index is 1.85. The topological polar surface area (TPSA) is 86.8 Å².